The first kappa shape index (κ1) is 19.4. The van der Waals surface area contributed by atoms with E-state index in [1.165, 1.54) is 12.1 Å². The number of rotatable bonds is 6. The van der Waals surface area contributed by atoms with Gasteiger partial charge in [0.25, 0.3) is 0 Å². The highest BCUT2D eigenvalue weighted by Crippen LogP contribution is 2.40. The summed E-state index contributed by atoms with van der Waals surface area (Å²) >= 11 is 0. The lowest BCUT2D eigenvalue weighted by atomic mass is 9.85. The van der Waals surface area contributed by atoms with Crippen molar-refractivity contribution in [2.24, 2.45) is 0 Å². The highest BCUT2D eigenvalue weighted by Gasteiger charge is 2.31. The Hall–Kier alpha value is -2.36. The van der Waals surface area contributed by atoms with Crippen LogP contribution in [0.15, 0.2) is 66.7 Å². The van der Waals surface area contributed by atoms with Crippen LogP contribution in [0.2, 0.25) is 0 Å². The number of hydrogen-bond donors (Lipinski definition) is 0. The SMILES string of the molecule is CCCCC(c1ccc(C(F)(F)F)cc1)C(F)c1ccc2ccccc2c1. The zero-order valence-corrected chi connectivity index (χ0v) is 15.1. The van der Waals surface area contributed by atoms with E-state index in [4.69, 9.17) is 0 Å². The summed E-state index contributed by atoms with van der Waals surface area (Å²) in [5.74, 6) is -0.464. The first-order valence-electron chi connectivity index (χ1n) is 9.20. The Morgan fingerprint density at radius 1 is 0.815 bits per heavy atom. The van der Waals surface area contributed by atoms with Gasteiger partial charge in [-0.3, -0.25) is 0 Å². The normalized spacial score (nSPS) is 14.3. The molecular formula is C23H22F4. The summed E-state index contributed by atoms with van der Waals surface area (Å²) in [5, 5.41) is 1.99. The minimum atomic E-state index is -4.38. The summed E-state index contributed by atoms with van der Waals surface area (Å²) in [4.78, 5) is 0. The van der Waals surface area contributed by atoms with E-state index in [9.17, 15) is 13.2 Å². The lowest BCUT2D eigenvalue weighted by Crippen LogP contribution is -2.09. The molecule has 27 heavy (non-hydrogen) atoms. The zero-order valence-electron chi connectivity index (χ0n) is 15.1. The van der Waals surface area contributed by atoms with Gasteiger partial charge in [-0.05, 0) is 46.5 Å². The number of halogens is 4. The molecule has 3 rings (SSSR count). The van der Waals surface area contributed by atoms with E-state index in [0.29, 0.717) is 17.5 Å². The van der Waals surface area contributed by atoms with Crippen LogP contribution < -0.4 is 0 Å². The van der Waals surface area contributed by atoms with Crippen molar-refractivity contribution in [3.8, 4) is 0 Å². The molecule has 4 heteroatoms. The van der Waals surface area contributed by atoms with Crippen molar-refractivity contribution in [3.63, 3.8) is 0 Å². The van der Waals surface area contributed by atoms with Gasteiger partial charge in [-0.2, -0.15) is 13.2 Å². The van der Waals surface area contributed by atoms with Gasteiger partial charge in [-0.15, -0.1) is 0 Å². The number of benzene rings is 3. The van der Waals surface area contributed by atoms with E-state index >= 15 is 4.39 Å². The molecule has 0 fully saturated rings. The van der Waals surface area contributed by atoms with Gasteiger partial charge in [0.15, 0.2) is 0 Å². The molecule has 0 aliphatic carbocycles. The number of hydrogen-bond acceptors (Lipinski definition) is 0. The third-order valence-electron chi connectivity index (χ3n) is 4.98. The first-order chi connectivity index (χ1) is 12.9. The van der Waals surface area contributed by atoms with Crippen LogP contribution in [0.5, 0.6) is 0 Å². The number of alkyl halides is 4. The summed E-state index contributed by atoms with van der Waals surface area (Å²) in [6, 6.07) is 18.2. The second-order valence-corrected chi connectivity index (χ2v) is 6.88. The molecule has 0 N–H and O–H groups in total. The smallest absolute Gasteiger partial charge is 0.242 e. The summed E-state index contributed by atoms with van der Waals surface area (Å²) in [5.41, 5.74) is 0.466. The molecule has 2 unspecified atom stereocenters. The Balaban J connectivity index is 1.92. The van der Waals surface area contributed by atoms with Crippen molar-refractivity contribution >= 4 is 10.8 Å². The van der Waals surface area contributed by atoms with Crippen LogP contribution in [0.25, 0.3) is 10.8 Å². The molecule has 0 bridgehead atoms. The van der Waals surface area contributed by atoms with Gasteiger partial charge < -0.3 is 0 Å². The maximum atomic E-state index is 15.4. The zero-order chi connectivity index (χ0) is 19.4. The Morgan fingerprint density at radius 3 is 2.07 bits per heavy atom. The van der Waals surface area contributed by atoms with Crippen molar-refractivity contribution in [1.29, 1.82) is 0 Å². The topological polar surface area (TPSA) is 0 Å². The third kappa shape index (κ3) is 4.49. The lowest BCUT2D eigenvalue weighted by molar-refractivity contribution is -0.137. The number of fused-ring (bicyclic) bond motifs is 1. The second kappa shape index (κ2) is 8.12. The monoisotopic (exact) mass is 374 g/mol. The van der Waals surface area contributed by atoms with Crippen LogP contribution >= 0.6 is 0 Å². The Kier molecular flexibility index (Phi) is 5.83. The Labute approximate surface area is 156 Å². The lowest BCUT2D eigenvalue weighted by Gasteiger charge is -2.23. The fourth-order valence-corrected chi connectivity index (χ4v) is 3.44. The van der Waals surface area contributed by atoms with Crippen LogP contribution in [0, 0.1) is 0 Å². The van der Waals surface area contributed by atoms with Crippen molar-refractivity contribution in [2.45, 2.75) is 44.5 Å². The molecule has 3 aromatic rings. The molecule has 0 nitrogen and oxygen atoms in total. The average molecular weight is 374 g/mol. The van der Waals surface area contributed by atoms with E-state index in [2.05, 4.69) is 0 Å². The maximum absolute atomic E-state index is 15.4. The molecule has 0 aromatic heterocycles. The van der Waals surface area contributed by atoms with Gasteiger partial charge >= 0.3 is 6.18 Å². The van der Waals surface area contributed by atoms with Gasteiger partial charge in [-0.25, -0.2) is 4.39 Å². The molecule has 0 spiro atoms. The fraction of sp³-hybridized carbons (Fsp3) is 0.304. The second-order valence-electron chi connectivity index (χ2n) is 6.88. The van der Waals surface area contributed by atoms with Crippen molar-refractivity contribution in [2.75, 3.05) is 0 Å². The van der Waals surface area contributed by atoms with Crippen LogP contribution in [-0.4, -0.2) is 0 Å². The van der Waals surface area contributed by atoms with Gasteiger partial charge in [0.1, 0.15) is 6.17 Å². The van der Waals surface area contributed by atoms with Gasteiger partial charge in [0.2, 0.25) is 0 Å². The predicted molar refractivity (Wildman–Crippen MR) is 102 cm³/mol. The van der Waals surface area contributed by atoms with Crippen molar-refractivity contribution in [1.82, 2.24) is 0 Å². The molecule has 3 aromatic carbocycles. The largest absolute Gasteiger partial charge is 0.416 e. The quantitative estimate of drug-likeness (QED) is 0.385. The molecule has 0 radical (unpaired) electrons. The van der Waals surface area contributed by atoms with Crippen molar-refractivity contribution in [3.05, 3.63) is 83.4 Å². The molecule has 0 saturated carbocycles. The van der Waals surface area contributed by atoms with E-state index in [0.717, 1.165) is 35.7 Å². The Morgan fingerprint density at radius 2 is 1.44 bits per heavy atom. The third-order valence-corrected chi connectivity index (χ3v) is 4.98. The summed E-state index contributed by atoms with van der Waals surface area (Å²) in [6.45, 7) is 2.02. The Bertz CT molecular complexity index is 881. The van der Waals surface area contributed by atoms with E-state index in [1.807, 2.05) is 43.3 Å². The van der Waals surface area contributed by atoms with Gasteiger partial charge in [0.05, 0.1) is 5.56 Å². The molecule has 0 heterocycles. The van der Waals surface area contributed by atoms with Gasteiger partial charge in [-0.1, -0.05) is 68.3 Å². The van der Waals surface area contributed by atoms with Crippen LogP contribution in [0.3, 0.4) is 0 Å². The predicted octanol–water partition coefficient (Wildman–Crippen LogP) is 7.84. The van der Waals surface area contributed by atoms with E-state index in [-0.39, 0.29) is 0 Å². The first-order valence-corrected chi connectivity index (χ1v) is 9.20. The molecule has 142 valence electrons. The summed E-state index contributed by atoms with van der Waals surface area (Å²) in [6.07, 6.45) is -3.33. The minimum absolute atomic E-state index is 0.464. The summed E-state index contributed by atoms with van der Waals surface area (Å²) < 4.78 is 53.9. The highest BCUT2D eigenvalue weighted by atomic mass is 19.4. The van der Waals surface area contributed by atoms with Crippen LogP contribution in [-0.2, 0) is 6.18 Å². The highest BCUT2D eigenvalue weighted by molar-refractivity contribution is 5.83. The minimum Gasteiger partial charge on any atom is -0.242 e. The van der Waals surface area contributed by atoms with Crippen molar-refractivity contribution < 1.29 is 17.6 Å². The van der Waals surface area contributed by atoms with E-state index < -0.39 is 23.8 Å². The van der Waals surface area contributed by atoms with Gasteiger partial charge in [0, 0.05) is 5.92 Å². The maximum Gasteiger partial charge on any atom is 0.416 e. The molecular weight excluding hydrogens is 352 g/mol. The summed E-state index contributed by atoms with van der Waals surface area (Å²) in [7, 11) is 0. The number of unbranched alkanes of at least 4 members (excludes halogenated alkanes) is 1. The molecule has 0 amide bonds. The molecule has 0 aliphatic rings. The molecule has 2 atom stereocenters. The molecule has 0 aliphatic heterocycles. The average Bonchev–Trinajstić information content (AvgIpc) is 2.67. The molecule has 0 saturated heterocycles. The van der Waals surface area contributed by atoms with E-state index in [1.54, 1.807) is 6.07 Å². The standard InChI is InChI=1S/C23H22F4/c1-2-3-8-21(17-11-13-20(14-12-17)23(25,26)27)22(24)19-10-9-16-6-4-5-7-18(16)15-19/h4-7,9-15,21-22H,2-3,8H2,1H3. The fourth-order valence-electron chi connectivity index (χ4n) is 3.44. The van der Waals surface area contributed by atoms with Crippen LogP contribution in [0.1, 0.15) is 55.0 Å². The van der Waals surface area contributed by atoms with Crippen LogP contribution in [0.4, 0.5) is 17.6 Å².